The minimum atomic E-state index is -3.60. The third-order valence-electron chi connectivity index (χ3n) is 3.58. The summed E-state index contributed by atoms with van der Waals surface area (Å²) in [5.41, 5.74) is 0.624. The average Bonchev–Trinajstić information content (AvgIpc) is 3.07. The molecule has 1 aliphatic rings. The van der Waals surface area contributed by atoms with E-state index in [2.05, 4.69) is 17.0 Å². The molecule has 0 bridgehead atoms. The van der Waals surface area contributed by atoms with Gasteiger partial charge in [0.05, 0.1) is 5.02 Å². The van der Waals surface area contributed by atoms with Gasteiger partial charge in [-0.25, -0.2) is 13.1 Å². The van der Waals surface area contributed by atoms with Crippen molar-refractivity contribution in [3.63, 3.8) is 0 Å². The van der Waals surface area contributed by atoms with E-state index in [1.54, 1.807) is 6.07 Å². The fourth-order valence-corrected chi connectivity index (χ4v) is 4.35. The first-order valence-electron chi connectivity index (χ1n) is 7.06. The maximum absolute atomic E-state index is 12.4. The van der Waals surface area contributed by atoms with Crippen LogP contribution in [0.5, 0.6) is 0 Å². The maximum atomic E-state index is 12.4. The number of nitrogens with one attached hydrogen (secondary N) is 2. The molecule has 0 aromatic heterocycles. The van der Waals surface area contributed by atoms with Crippen molar-refractivity contribution < 1.29 is 8.42 Å². The summed E-state index contributed by atoms with van der Waals surface area (Å²) >= 11 is 12.4. The molecule has 1 saturated carbocycles. The number of rotatable bonds is 7. The highest BCUT2D eigenvalue weighted by Gasteiger charge is 2.37. The van der Waals surface area contributed by atoms with Gasteiger partial charge in [-0.05, 0) is 37.4 Å². The van der Waals surface area contributed by atoms with Crippen LogP contribution in [0, 0.1) is 5.92 Å². The summed E-state index contributed by atoms with van der Waals surface area (Å²) in [6.45, 7) is 5.34. The van der Waals surface area contributed by atoms with Gasteiger partial charge < -0.3 is 5.32 Å². The van der Waals surface area contributed by atoms with E-state index in [-0.39, 0.29) is 16.0 Å². The lowest BCUT2D eigenvalue weighted by Crippen LogP contribution is -2.27. The molecule has 2 atom stereocenters. The van der Waals surface area contributed by atoms with Crippen LogP contribution >= 0.6 is 23.2 Å². The lowest BCUT2D eigenvalue weighted by molar-refractivity contribution is 0.578. The van der Waals surface area contributed by atoms with Gasteiger partial charge in [-0.15, -0.1) is 0 Å². The van der Waals surface area contributed by atoms with Gasteiger partial charge in [0.2, 0.25) is 10.0 Å². The minimum absolute atomic E-state index is 0.0170. The molecule has 1 aromatic carbocycles. The van der Waals surface area contributed by atoms with E-state index >= 15 is 0 Å². The first-order valence-corrected chi connectivity index (χ1v) is 9.30. The summed E-state index contributed by atoms with van der Waals surface area (Å²) in [5.74, 6) is 0.386. The maximum Gasteiger partial charge on any atom is 0.242 e. The number of hydrogen-bond donors (Lipinski definition) is 2. The normalized spacial score (nSPS) is 21.5. The summed E-state index contributed by atoms with van der Waals surface area (Å²) in [4.78, 5) is 0.0981. The molecule has 7 heteroatoms. The second kappa shape index (κ2) is 6.84. The van der Waals surface area contributed by atoms with E-state index in [9.17, 15) is 8.42 Å². The zero-order chi connectivity index (χ0) is 15.6. The molecule has 118 valence electrons. The zero-order valence-electron chi connectivity index (χ0n) is 12.1. The standard InChI is InChI=1S/C14H20Cl2N2O2S/c1-3-6-17-8-10-11(15)4-5-13(14(10)16)21(19,20)18-12-7-9(12)2/h4-5,9,12,17-18H,3,6-8H2,1-2H3. The highest BCUT2D eigenvalue weighted by atomic mass is 35.5. The van der Waals surface area contributed by atoms with E-state index in [0.29, 0.717) is 23.0 Å². The molecule has 2 rings (SSSR count). The number of benzene rings is 1. The molecule has 4 nitrogen and oxygen atoms in total. The summed E-state index contributed by atoms with van der Waals surface area (Å²) in [7, 11) is -3.60. The molecule has 21 heavy (non-hydrogen) atoms. The van der Waals surface area contributed by atoms with Gasteiger partial charge in [0.1, 0.15) is 4.90 Å². The van der Waals surface area contributed by atoms with Crippen LogP contribution in [0.4, 0.5) is 0 Å². The third kappa shape index (κ3) is 4.11. The van der Waals surface area contributed by atoms with Crippen molar-refractivity contribution in [2.24, 2.45) is 5.92 Å². The van der Waals surface area contributed by atoms with Crippen LogP contribution in [0.3, 0.4) is 0 Å². The lowest BCUT2D eigenvalue weighted by atomic mass is 10.2. The van der Waals surface area contributed by atoms with Gasteiger partial charge in [-0.2, -0.15) is 0 Å². The topological polar surface area (TPSA) is 58.2 Å². The molecule has 0 saturated heterocycles. The van der Waals surface area contributed by atoms with Gasteiger partial charge in [0.15, 0.2) is 0 Å². The Bertz CT molecular complexity index is 620. The average molecular weight is 351 g/mol. The van der Waals surface area contributed by atoms with Crippen LogP contribution in [0.2, 0.25) is 10.0 Å². The van der Waals surface area contributed by atoms with Gasteiger partial charge >= 0.3 is 0 Å². The zero-order valence-corrected chi connectivity index (χ0v) is 14.4. The second-order valence-corrected chi connectivity index (χ2v) is 7.92. The van der Waals surface area contributed by atoms with Crippen LogP contribution in [0.25, 0.3) is 0 Å². The Labute approximate surface area is 136 Å². The molecule has 1 fully saturated rings. The smallest absolute Gasteiger partial charge is 0.242 e. The Kier molecular flexibility index (Phi) is 5.54. The number of sulfonamides is 1. The SMILES string of the molecule is CCCNCc1c(Cl)ccc(S(=O)(=O)NC2CC2C)c1Cl. The van der Waals surface area contributed by atoms with Crippen molar-refractivity contribution in [3.05, 3.63) is 27.7 Å². The van der Waals surface area contributed by atoms with Gasteiger partial charge in [-0.3, -0.25) is 0 Å². The predicted octanol–water partition coefficient (Wildman–Crippen LogP) is 3.18. The molecular formula is C14H20Cl2N2O2S. The minimum Gasteiger partial charge on any atom is -0.313 e. The summed E-state index contributed by atoms with van der Waals surface area (Å²) in [6, 6.07) is 3.06. The molecule has 1 aliphatic carbocycles. The van der Waals surface area contributed by atoms with Gasteiger partial charge in [-0.1, -0.05) is 37.0 Å². The Balaban J connectivity index is 2.25. The fraction of sp³-hybridized carbons (Fsp3) is 0.571. The van der Waals surface area contributed by atoms with Crippen molar-refractivity contribution in [2.75, 3.05) is 6.54 Å². The van der Waals surface area contributed by atoms with E-state index < -0.39 is 10.0 Å². The fourth-order valence-electron chi connectivity index (χ4n) is 2.08. The molecule has 0 heterocycles. The molecule has 2 N–H and O–H groups in total. The molecule has 0 amide bonds. The molecule has 1 aromatic rings. The predicted molar refractivity (Wildman–Crippen MR) is 86.4 cm³/mol. The summed E-state index contributed by atoms with van der Waals surface area (Å²) in [6.07, 6.45) is 1.85. The van der Waals surface area contributed by atoms with Crippen molar-refractivity contribution in [1.29, 1.82) is 0 Å². The highest BCUT2D eigenvalue weighted by molar-refractivity contribution is 7.89. The summed E-state index contributed by atoms with van der Waals surface area (Å²) < 4.78 is 27.4. The van der Waals surface area contributed by atoms with Gasteiger partial charge in [0.25, 0.3) is 0 Å². The molecule has 2 unspecified atom stereocenters. The van der Waals surface area contributed by atoms with Crippen LogP contribution < -0.4 is 10.0 Å². The Morgan fingerprint density at radius 2 is 2.00 bits per heavy atom. The van der Waals surface area contributed by atoms with Crippen molar-refractivity contribution >= 4 is 33.2 Å². The molecule has 0 radical (unpaired) electrons. The monoisotopic (exact) mass is 350 g/mol. The van der Waals surface area contributed by atoms with E-state index in [4.69, 9.17) is 23.2 Å². The van der Waals surface area contributed by atoms with Crippen LogP contribution in [0.15, 0.2) is 17.0 Å². The second-order valence-electron chi connectivity index (χ2n) is 5.46. The van der Waals surface area contributed by atoms with E-state index in [0.717, 1.165) is 19.4 Å². The third-order valence-corrected chi connectivity index (χ3v) is 6.01. The van der Waals surface area contributed by atoms with Crippen LogP contribution in [-0.4, -0.2) is 21.0 Å². The Morgan fingerprint density at radius 1 is 1.33 bits per heavy atom. The first kappa shape index (κ1) is 17.0. The molecule has 0 spiro atoms. The molecular weight excluding hydrogens is 331 g/mol. The lowest BCUT2D eigenvalue weighted by Gasteiger charge is -2.13. The van der Waals surface area contributed by atoms with Crippen molar-refractivity contribution in [3.8, 4) is 0 Å². The van der Waals surface area contributed by atoms with E-state index in [1.165, 1.54) is 6.07 Å². The first-order chi connectivity index (χ1) is 9.86. The highest BCUT2D eigenvalue weighted by Crippen LogP contribution is 2.34. The van der Waals surface area contributed by atoms with Crippen molar-refractivity contribution in [2.45, 2.75) is 44.2 Å². The van der Waals surface area contributed by atoms with Crippen LogP contribution in [0.1, 0.15) is 32.3 Å². The van der Waals surface area contributed by atoms with E-state index in [1.807, 2.05) is 6.92 Å². The quantitative estimate of drug-likeness (QED) is 0.742. The number of halogens is 2. The molecule has 0 aliphatic heterocycles. The van der Waals surface area contributed by atoms with Crippen molar-refractivity contribution in [1.82, 2.24) is 10.0 Å². The van der Waals surface area contributed by atoms with Crippen LogP contribution in [-0.2, 0) is 16.6 Å². The van der Waals surface area contributed by atoms with Gasteiger partial charge in [0, 0.05) is 23.2 Å². The summed E-state index contributed by atoms with van der Waals surface area (Å²) in [5, 5.41) is 3.86. The largest absolute Gasteiger partial charge is 0.313 e. The Morgan fingerprint density at radius 3 is 2.57 bits per heavy atom. The Hall–Kier alpha value is -0.330. The number of hydrogen-bond acceptors (Lipinski definition) is 3.